The molecule has 2 aromatic carbocycles. The highest BCUT2D eigenvalue weighted by atomic mass is 16.5. The fourth-order valence-corrected chi connectivity index (χ4v) is 2.32. The Hall–Kier alpha value is -3.22. The molecule has 0 radical (unpaired) electrons. The standard InChI is InChI=1S/C17H17N5O2/c1-12(22-15-9-5-4-8-14(15)19-21-22)17(23)20-18-11-13-7-3-6-10-16(13)24-2/h3-12H,1-2H3,(H,20,23). The van der Waals surface area contributed by atoms with Crippen LogP contribution in [0.1, 0.15) is 18.5 Å². The van der Waals surface area contributed by atoms with Crippen LogP contribution in [-0.2, 0) is 4.79 Å². The van der Waals surface area contributed by atoms with Gasteiger partial charge in [0.25, 0.3) is 5.91 Å². The number of nitrogens with zero attached hydrogens (tertiary/aromatic N) is 4. The van der Waals surface area contributed by atoms with E-state index in [1.54, 1.807) is 24.9 Å². The average Bonchev–Trinajstić information content (AvgIpc) is 3.05. The largest absolute Gasteiger partial charge is 0.496 e. The van der Waals surface area contributed by atoms with E-state index < -0.39 is 6.04 Å². The van der Waals surface area contributed by atoms with Gasteiger partial charge in [0.2, 0.25) is 0 Å². The van der Waals surface area contributed by atoms with Gasteiger partial charge in [0, 0.05) is 5.56 Å². The van der Waals surface area contributed by atoms with E-state index in [1.807, 2.05) is 48.5 Å². The number of methoxy groups -OCH3 is 1. The van der Waals surface area contributed by atoms with Crippen LogP contribution in [-0.4, -0.2) is 34.2 Å². The number of fused-ring (bicyclic) bond motifs is 1. The molecule has 1 atom stereocenters. The van der Waals surface area contributed by atoms with E-state index in [-0.39, 0.29) is 5.91 Å². The second-order valence-electron chi connectivity index (χ2n) is 5.17. The zero-order valence-electron chi connectivity index (χ0n) is 13.4. The minimum Gasteiger partial charge on any atom is -0.496 e. The van der Waals surface area contributed by atoms with Crippen LogP contribution in [0.15, 0.2) is 53.6 Å². The summed E-state index contributed by atoms with van der Waals surface area (Å²) in [7, 11) is 1.59. The molecule has 0 bridgehead atoms. The second kappa shape index (κ2) is 6.91. The van der Waals surface area contributed by atoms with Crippen LogP contribution < -0.4 is 10.2 Å². The number of carbonyl (C=O) groups is 1. The van der Waals surface area contributed by atoms with Crippen molar-refractivity contribution in [3.63, 3.8) is 0 Å². The maximum atomic E-state index is 12.3. The Balaban J connectivity index is 1.72. The molecule has 1 N–H and O–H groups in total. The van der Waals surface area contributed by atoms with E-state index in [9.17, 15) is 4.79 Å². The van der Waals surface area contributed by atoms with Gasteiger partial charge in [0.1, 0.15) is 17.3 Å². The lowest BCUT2D eigenvalue weighted by Crippen LogP contribution is -2.28. The van der Waals surface area contributed by atoms with E-state index >= 15 is 0 Å². The average molecular weight is 323 g/mol. The summed E-state index contributed by atoms with van der Waals surface area (Å²) in [6.45, 7) is 1.75. The van der Waals surface area contributed by atoms with Crippen molar-refractivity contribution in [2.24, 2.45) is 5.10 Å². The Kier molecular flexibility index (Phi) is 4.51. The van der Waals surface area contributed by atoms with Gasteiger partial charge in [-0.2, -0.15) is 5.10 Å². The third-order valence-electron chi connectivity index (χ3n) is 3.64. The molecule has 0 fully saturated rings. The third-order valence-corrected chi connectivity index (χ3v) is 3.64. The summed E-state index contributed by atoms with van der Waals surface area (Å²) in [4.78, 5) is 12.3. The van der Waals surface area contributed by atoms with Gasteiger partial charge in [-0.15, -0.1) is 5.10 Å². The van der Waals surface area contributed by atoms with Gasteiger partial charge in [0.15, 0.2) is 0 Å². The SMILES string of the molecule is COc1ccccc1C=NNC(=O)C(C)n1nnc2ccccc21. The molecule has 7 heteroatoms. The van der Waals surface area contributed by atoms with Crippen molar-refractivity contribution in [3.05, 3.63) is 54.1 Å². The molecule has 1 unspecified atom stereocenters. The maximum Gasteiger partial charge on any atom is 0.264 e. The molecule has 0 aliphatic rings. The fourth-order valence-electron chi connectivity index (χ4n) is 2.32. The number of para-hydroxylation sites is 2. The van der Waals surface area contributed by atoms with E-state index in [4.69, 9.17) is 4.74 Å². The quantitative estimate of drug-likeness (QED) is 0.576. The normalized spacial score (nSPS) is 12.4. The number of rotatable bonds is 5. The van der Waals surface area contributed by atoms with Gasteiger partial charge < -0.3 is 4.74 Å². The van der Waals surface area contributed by atoms with Gasteiger partial charge in [-0.1, -0.05) is 29.5 Å². The molecular weight excluding hydrogens is 306 g/mol. The molecule has 0 aliphatic carbocycles. The lowest BCUT2D eigenvalue weighted by Gasteiger charge is -2.10. The predicted octanol–water partition coefficient (Wildman–Crippen LogP) is 2.15. The number of nitrogens with one attached hydrogen (secondary N) is 1. The van der Waals surface area contributed by atoms with Crippen LogP contribution in [0.3, 0.4) is 0 Å². The van der Waals surface area contributed by atoms with Crippen LogP contribution in [0.4, 0.5) is 0 Å². The topological polar surface area (TPSA) is 81.4 Å². The number of carbonyl (C=O) groups excluding carboxylic acids is 1. The zero-order chi connectivity index (χ0) is 16.9. The van der Waals surface area contributed by atoms with Crippen molar-refractivity contribution in [2.75, 3.05) is 7.11 Å². The molecule has 1 aromatic heterocycles. The van der Waals surface area contributed by atoms with Gasteiger partial charge in [-0.05, 0) is 31.2 Å². The lowest BCUT2D eigenvalue weighted by molar-refractivity contribution is -0.124. The Morgan fingerprint density at radius 3 is 2.83 bits per heavy atom. The Labute approximate surface area is 138 Å². The predicted molar refractivity (Wildman–Crippen MR) is 91.0 cm³/mol. The van der Waals surface area contributed by atoms with Crippen molar-refractivity contribution in [2.45, 2.75) is 13.0 Å². The number of amides is 1. The summed E-state index contributed by atoms with van der Waals surface area (Å²) in [5.41, 5.74) is 4.84. The van der Waals surface area contributed by atoms with Crippen molar-refractivity contribution >= 4 is 23.2 Å². The smallest absolute Gasteiger partial charge is 0.264 e. The first-order chi connectivity index (χ1) is 11.7. The van der Waals surface area contributed by atoms with Gasteiger partial charge >= 0.3 is 0 Å². The Morgan fingerprint density at radius 1 is 1.25 bits per heavy atom. The first-order valence-electron chi connectivity index (χ1n) is 7.46. The number of hydrogen-bond acceptors (Lipinski definition) is 5. The van der Waals surface area contributed by atoms with Crippen molar-refractivity contribution in [1.82, 2.24) is 20.4 Å². The van der Waals surface area contributed by atoms with Crippen LogP contribution in [0.2, 0.25) is 0 Å². The molecule has 0 saturated heterocycles. The number of benzene rings is 2. The number of ether oxygens (including phenoxy) is 1. The summed E-state index contributed by atoms with van der Waals surface area (Å²) < 4.78 is 6.80. The molecule has 3 aromatic rings. The highest BCUT2D eigenvalue weighted by molar-refractivity contribution is 5.86. The van der Waals surface area contributed by atoms with E-state index in [0.29, 0.717) is 5.75 Å². The summed E-state index contributed by atoms with van der Waals surface area (Å²) in [6.07, 6.45) is 1.54. The lowest BCUT2D eigenvalue weighted by atomic mass is 10.2. The number of hydrazone groups is 1. The second-order valence-corrected chi connectivity index (χ2v) is 5.17. The van der Waals surface area contributed by atoms with Gasteiger partial charge in [0.05, 0.1) is 18.8 Å². The van der Waals surface area contributed by atoms with Crippen LogP contribution in [0.25, 0.3) is 11.0 Å². The zero-order valence-corrected chi connectivity index (χ0v) is 13.4. The molecule has 1 heterocycles. The molecule has 7 nitrogen and oxygen atoms in total. The number of hydrogen-bond donors (Lipinski definition) is 1. The van der Waals surface area contributed by atoms with Crippen LogP contribution in [0.5, 0.6) is 5.75 Å². The monoisotopic (exact) mass is 323 g/mol. The Morgan fingerprint density at radius 2 is 2.00 bits per heavy atom. The van der Waals surface area contributed by atoms with E-state index in [0.717, 1.165) is 16.6 Å². The minimum absolute atomic E-state index is 0.281. The minimum atomic E-state index is -0.535. The fraction of sp³-hybridized carbons (Fsp3) is 0.176. The molecule has 122 valence electrons. The highest BCUT2D eigenvalue weighted by Gasteiger charge is 2.18. The van der Waals surface area contributed by atoms with E-state index in [1.165, 1.54) is 0 Å². The van der Waals surface area contributed by atoms with Gasteiger partial charge in [-0.3, -0.25) is 4.79 Å². The van der Waals surface area contributed by atoms with Crippen molar-refractivity contribution < 1.29 is 9.53 Å². The first kappa shape index (κ1) is 15.7. The highest BCUT2D eigenvalue weighted by Crippen LogP contribution is 2.16. The van der Waals surface area contributed by atoms with Crippen molar-refractivity contribution in [1.29, 1.82) is 0 Å². The molecule has 0 aliphatic heterocycles. The molecule has 0 saturated carbocycles. The summed E-state index contributed by atoms with van der Waals surface area (Å²) in [6, 6.07) is 14.4. The maximum absolute atomic E-state index is 12.3. The molecule has 0 spiro atoms. The Bertz CT molecular complexity index is 887. The van der Waals surface area contributed by atoms with Crippen LogP contribution in [0, 0.1) is 0 Å². The summed E-state index contributed by atoms with van der Waals surface area (Å²) >= 11 is 0. The summed E-state index contributed by atoms with van der Waals surface area (Å²) in [5, 5.41) is 12.1. The third kappa shape index (κ3) is 3.10. The molecular formula is C17H17N5O2. The first-order valence-corrected chi connectivity index (χ1v) is 7.46. The van der Waals surface area contributed by atoms with Crippen molar-refractivity contribution in [3.8, 4) is 5.75 Å². The molecule has 3 rings (SSSR count). The summed E-state index contributed by atoms with van der Waals surface area (Å²) in [5.74, 6) is 0.405. The van der Waals surface area contributed by atoms with E-state index in [2.05, 4.69) is 20.8 Å². The van der Waals surface area contributed by atoms with Crippen LogP contribution >= 0.6 is 0 Å². The molecule has 24 heavy (non-hydrogen) atoms. The van der Waals surface area contributed by atoms with Gasteiger partial charge in [-0.25, -0.2) is 10.1 Å². The number of aromatic nitrogens is 3. The molecule has 1 amide bonds.